The maximum Gasteiger partial charge on any atom is 0.325 e. The van der Waals surface area contributed by atoms with Crippen molar-refractivity contribution in [1.29, 1.82) is 0 Å². The van der Waals surface area contributed by atoms with Crippen molar-refractivity contribution >= 4 is 17.1 Å². The highest BCUT2D eigenvalue weighted by Gasteiger charge is 2.23. The monoisotopic (exact) mass is 458 g/mol. The minimum atomic E-state index is -1.01. The molecule has 1 unspecified atom stereocenters. The fourth-order valence-electron chi connectivity index (χ4n) is 3.88. The molecular formula is C27H26N2O5. The Morgan fingerprint density at radius 3 is 2.53 bits per heavy atom. The van der Waals surface area contributed by atoms with Gasteiger partial charge < -0.3 is 19.8 Å². The third-order valence-electron chi connectivity index (χ3n) is 5.46. The molecule has 174 valence electrons. The first-order valence-electron chi connectivity index (χ1n) is 11.0. The zero-order chi connectivity index (χ0) is 24.1. The van der Waals surface area contributed by atoms with E-state index < -0.39 is 11.7 Å². The Hall–Kier alpha value is -4.10. The molecule has 0 saturated carbocycles. The van der Waals surface area contributed by atoms with Crippen LogP contribution in [0.2, 0.25) is 0 Å². The SMILES string of the molecule is C/C=C/c1ccc(OCC(O)Cn2c(=O)c(-c3ccccc3)[n+]([O-])c3ccccc32)c(OC)c1. The van der Waals surface area contributed by atoms with Crippen LogP contribution in [-0.2, 0) is 6.54 Å². The van der Waals surface area contributed by atoms with Gasteiger partial charge in [0.15, 0.2) is 11.5 Å². The lowest BCUT2D eigenvalue weighted by Crippen LogP contribution is -2.42. The van der Waals surface area contributed by atoms with E-state index in [4.69, 9.17) is 9.47 Å². The molecule has 34 heavy (non-hydrogen) atoms. The second-order valence-corrected chi connectivity index (χ2v) is 7.79. The molecule has 4 aromatic rings. The second kappa shape index (κ2) is 10.2. The van der Waals surface area contributed by atoms with Gasteiger partial charge in [-0.1, -0.05) is 48.6 Å². The summed E-state index contributed by atoms with van der Waals surface area (Å²) in [6.07, 6.45) is 2.86. The predicted molar refractivity (Wildman–Crippen MR) is 132 cm³/mol. The molecule has 0 aliphatic rings. The molecule has 1 heterocycles. The highest BCUT2D eigenvalue weighted by Crippen LogP contribution is 2.28. The molecule has 0 spiro atoms. The minimum absolute atomic E-state index is 0.00801. The molecular weight excluding hydrogens is 432 g/mol. The average molecular weight is 459 g/mol. The van der Waals surface area contributed by atoms with Crippen LogP contribution in [-0.4, -0.2) is 29.5 Å². The van der Waals surface area contributed by atoms with E-state index in [1.165, 1.54) is 4.57 Å². The molecule has 0 fully saturated rings. The third kappa shape index (κ3) is 4.65. The minimum Gasteiger partial charge on any atom is -0.618 e. The smallest absolute Gasteiger partial charge is 0.325 e. The highest BCUT2D eigenvalue weighted by atomic mass is 16.5. The molecule has 1 aromatic heterocycles. The molecule has 3 aromatic carbocycles. The van der Waals surface area contributed by atoms with Crippen molar-refractivity contribution in [2.45, 2.75) is 19.6 Å². The van der Waals surface area contributed by atoms with E-state index in [1.54, 1.807) is 61.7 Å². The number of aliphatic hydroxyl groups is 1. The van der Waals surface area contributed by atoms with Gasteiger partial charge in [-0.3, -0.25) is 9.36 Å². The number of hydrogen-bond donors (Lipinski definition) is 1. The van der Waals surface area contributed by atoms with Gasteiger partial charge in [-0.05, 0) is 42.8 Å². The third-order valence-corrected chi connectivity index (χ3v) is 5.46. The number of para-hydroxylation sites is 2. The van der Waals surface area contributed by atoms with Crippen molar-refractivity contribution in [3.8, 4) is 22.8 Å². The fourth-order valence-corrected chi connectivity index (χ4v) is 3.88. The molecule has 0 aliphatic heterocycles. The van der Waals surface area contributed by atoms with Gasteiger partial charge >= 0.3 is 5.56 Å². The topological polar surface area (TPSA) is 87.6 Å². The first-order valence-corrected chi connectivity index (χ1v) is 11.0. The zero-order valence-corrected chi connectivity index (χ0v) is 19.0. The Balaban J connectivity index is 1.64. The van der Waals surface area contributed by atoms with Crippen molar-refractivity contribution in [1.82, 2.24) is 4.57 Å². The summed E-state index contributed by atoms with van der Waals surface area (Å²) < 4.78 is 13.3. The summed E-state index contributed by atoms with van der Waals surface area (Å²) in [6, 6.07) is 21.1. The quantitative estimate of drug-likeness (QED) is 0.321. The molecule has 0 saturated heterocycles. The van der Waals surface area contributed by atoms with Crippen molar-refractivity contribution in [3.05, 3.63) is 100.0 Å². The van der Waals surface area contributed by atoms with Crippen LogP contribution in [0.25, 0.3) is 28.4 Å². The predicted octanol–water partition coefficient (Wildman–Crippen LogP) is 3.78. The van der Waals surface area contributed by atoms with E-state index in [0.717, 1.165) is 5.56 Å². The Labute approximate surface area is 197 Å². The van der Waals surface area contributed by atoms with Crippen LogP contribution >= 0.6 is 0 Å². The van der Waals surface area contributed by atoms with Gasteiger partial charge in [-0.25, -0.2) is 0 Å². The molecule has 0 aliphatic carbocycles. The van der Waals surface area contributed by atoms with Crippen LogP contribution in [0, 0.1) is 5.21 Å². The van der Waals surface area contributed by atoms with Crippen molar-refractivity contribution in [3.63, 3.8) is 0 Å². The standard InChI is InChI=1S/C27H26N2O5/c1-3-9-19-14-15-24(25(16-19)33-2)34-18-21(30)17-28-22-12-7-8-13-23(22)29(32)26(27(28)31)20-10-5-4-6-11-20/h3-16,21,30H,17-18H2,1-2H3/b9-3+. The summed E-state index contributed by atoms with van der Waals surface area (Å²) in [5, 5.41) is 23.8. The highest BCUT2D eigenvalue weighted by molar-refractivity contribution is 5.73. The van der Waals surface area contributed by atoms with Gasteiger partial charge in [-0.15, -0.1) is 0 Å². The molecule has 1 atom stereocenters. The maximum absolute atomic E-state index is 13.4. The van der Waals surface area contributed by atoms with E-state index in [0.29, 0.717) is 32.8 Å². The summed E-state index contributed by atoms with van der Waals surface area (Å²) in [7, 11) is 1.55. The van der Waals surface area contributed by atoms with Gasteiger partial charge in [0.05, 0.1) is 19.2 Å². The number of methoxy groups -OCH3 is 1. The fraction of sp³-hybridized carbons (Fsp3) is 0.185. The van der Waals surface area contributed by atoms with Crippen LogP contribution in [0.5, 0.6) is 11.5 Å². The normalized spacial score (nSPS) is 12.2. The number of hydrogen-bond acceptors (Lipinski definition) is 5. The summed E-state index contributed by atoms with van der Waals surface area (Å²) in [6.45, 7) is 1.83. The second-order valence-electron chi connectivity index (χ2n) is 7.79. The Morgan fingerprint density at radius 2 is 1.79 bits per heavy atom. The van der Waals surface area contributed by atoms with E-state index in [-0.39, 0.29) is 18.8 Å². The number of rotatable bonds is 8. The molecule has 1 N–H and O–H groups in total. The number of allylic oxidation sites excluding steroid dienone is 1. The van der Waals surface area contributed by atoms with Crippen molar-refractivity contribution in [2.75, 3.05) is 13.7 Å². The Kier molecular flexibility index (Phi) is 6.94. The number of ether oxygens (including phenoxy) is 2. The van der Waals surface area contributed by atoms with Gasteiger partial charge in [-0.2, -0.15) is 4.73 Å². The van der Waals surface area contributed by atoms with Crippen LogP contribution in [0.15, 0.2) is 83.7 Å². The number of benzene rings is 3. The van der Waals surface area contributed by atoms with Crippen LogP contribution in [0.4, 0.5) is 0 Å². The van der Waals surface area contributed by atoms with Crippen molar-refractivity contribution < 1.29 is 19.3 Å². The maximum atomic E-state index is 13.4. The molecule has 0 bridgehead atoms. The summed E-state index contributed by atoms with van der Waals surface area (Å²) in [5.41, 5.74) is 1.79. The summed E-state index contributed by atoms with van der Waals surface area (Å²) >= 11 is 0. The van der Waals surface area contributed by atoms with Crippen LogP contribution in [0.1, 0.15) is 12.5 Å². The number of aliphatic hydroxyl groups excluding tert-OH is 1. The van der Waals surface area contributed by atoms with Crippen molar-refractivity contribution in [2.24, 2.45) is 0 Å². The lowest BCUT2D eigenvalue weighted by atomic mass is 10.1. The zero-order valence-electron chi connectivity index (χ0n) is 19.0. The number of aromatic nitrogens is 2. The van der Waals surface area contributed by atoms with E-state index in [2.05, 4.69) is 0 Å². The lowest BCUT2D eigenvalue weighted by Gasteiger charge is -2.18. The Bertz CT molecular complexity index is 1380. The molecule has 4 rings (SSSR count). The molecule has 0 radical (unpaired) electrons. The van der Waals surface area contributed by atoms with E-state index >= 15 is 0 Å². The van der Waals surface area contributed by atoms with Crippen LogP contribution < -0.4 is 19.8 Å². The van der Waals surface area contributed by atoms with Gasteiger partial charge in [0.1, 0.15) is 18.2 Å². The summed E-state index contributed by atoms with van der Waals surface area (Å²) in [4.78, 5) is 13.4. The first-order chi connectivity index (χ1) is 16.5. The largest absolute Gasteiger partial charge is 0.618 e. The Morgan fingerprint density at radius 1 is 1.06 bits per heavy atom. The summed E-state index contributed by atoms with van der Waals surface area (Å²) in [5.74, 6) is 1.03. The van der Waals surface area contributed by atoms with Gasteiger partial charge in [0.25, 0.3) is 5.69 Å². The van der Waals surface area contributed by atoms with E-state index in [1.807, 2.05) is 37.3 Å². The van der Waals surface area contributed by atoms with Crippen LogP contribution in [0.3, 0.4) is 0 Å². The van der Waals surface area contributed by atoms with Gasteiger partial charge in [0, 0.05) is 6.07 Å². The van der Waals surface area contributed by atoms with E-state index in [9.17, 15) is 15.1 Å². The molecule has 0 amide bonds. The first kappa shape index (κ1) is 23.1. The lowest BCUT2D eigenvalue weighted by molar-refractivity contribution is -0.566. The number of fused-ring (bicyclic) bond motifs is 1. The average Bonchev–Trinajstić information content (AvgIpc) is 2.86. The molecule has 7 nitrogen and oxygen atoms in total. The molecule has 7 heteroatoms. The number of nitrogens with zero attached hydrogens (tertiary/aromatic N) is 2. The van der Waals surface area contributed by atoms with Gasteiger partial charge in [0.2, 0.25) is 5.52 Å².